The first kappa shape index (κ1) is 8.21. The highest BCUT2D eigenvalue weighted by atomic mass is 14.7. The van der Waals surface area contributed by atoms with Gasteiger partial charge in [-0.15, -0.1) is 0 Å². The van der Waals surface area contributed by atoms with E-state index in [2.05, 4.69) is 11.9 Å². The minimum Gasteiger partial charge on any atom is -0.403 e. The van der Waals surface area contributed by atoms with Crippen LogP contribution >= 0.6 is 0 Å². The van der Waals surface area contributed by atoms with E-state index in [4.69, 9.17) is 5.73 Å². The minimum absolute atomic E-state index is 0.878. The van der Waals surface area contributed by atoms with Crippen LogP contribution in [-0.2, 0) is 0 Å². The van der Waals surface area contributed by atoms with Gasteiger partial charge in [0.25, 0.3) is 0 Å². The summed E-state index contributed by atoms with van der Waals surface area (Å²) < 4.78 is 0. The Bertz CT molecular complexity index is 114. The van der Waals surface area contributed by atoms with Crippen molar-refractivity contribution < 1.29 is 0 Å². The third kappa shape index (κ3) is 5.07. The van der Waals surface area contributed by atoms with E-state index in [1.54, 1.807) is 0 Å². The van der Waals surface area contributed by atoms with Gasteiger partial charge < -0.3 is 5.73 Å². The summed E-state index contributed by atoms with van der Waals surface area (Å²) in [6.45, 7) is 4.00. The van der Waals surface area contributed by atoms with E-state index in [1.165, 1.54) is 6.20 Å². The van der Waals surface area contributed by atoms with Crippen LogP contribution in [0, 0.1) is 0 Å². The zero-order chi connectivity index (χ0) is 7.11. The molecule has 0 spiro atoms. The Morgan fingerprint density at radius 3 is 2.78 bits per heavy atom. The molecule has 0 aliphatic carbocycles. The maximum atomic E-state index is 5.18. The zero-order valence-corrected chi connectivity index (χ0v) is 6.09. The number of nitrogens with zero attached hydrogens (tertiary/aromatic N) is 1. The summed E-state index contributed by atoms with van der Waals surface area (Å²) in [5, 5.41) is 0. The van der Waals surface area contributed by atoms with Crippen molar-refractivity contribution >= 4 is 6.21 Å². The van der Waals surface area contributed by atoms with E-state index in [0.717, 1.165) is 18.5 Å². The SMILES string of the molecule is CCCC=N/C(C)=C\N. The Balaban J connectivity index is 3.45. The lowest BCUT2D eigenvalue weighted by atomic mass is 10.4. The van der Waals surface area contributed by atoms with Gasteiger partial charge >= 0.3 is 0 Å². The maximum Gasteiger partial charge on any atom is 0.0522 e. The second-order valence-corrected chi connectivity index (χ2v) is 1.91. The smallest absolute Gasteiger partial charge is 0.0522 e. The molecule has 0 aliphatic rings. The number of rotatable bonds is 3. The molecule has 0 amide bonds. The van der Waals surface area contributed by atoms with Crippen molar-refractivity contribution in [1.82, 2.24) is 0 Å². The number of allylic oxidation sites excluding steroid dienone is 1. The first-order valence-corrected chi connectivity index (χ1v) is 3.22. The lowest BCUT2D eigenvalue weighted by Gasteiger charge is -1.86. The summed E-state index contributed by atoms with van der Waals surface area (Å²) in [4.78, 5) is 4.04. The number of nitrogens with two attached hydrogens (primary N) is 1. The molecule has 52 valence electrons. The zero-order valence-electron chi connectivity index (χ0n) is 6.09. The Labute approximate surface area is 56.5 Å². The fourth-order valence-corrected chi connectivity index (χ4v) is 0.381. The molecule has 2 nitrogen and oxygen atoms in total. The summed E-state index contributed by atoms with van der Waals surface area (Å²) in [6.07, 6.45) is 5.57. The Hall–Kier alpha value is -0.790. The quantitative estimate of drug-likeness (QED) is 0.574. The van der Waals surface area contributed by atoms with E-state index in [0.29, 0.717) is 0 Å². The van der Waals surface area contributed by atoms with Gasteiger partial charge in [-0.3, -0.25) is 4.99 Å². The molecule has 0 aliphatic heterocycles. The predicted molar refractivity (Wildman–Crippen MR) is 41.3 cm³/mol. The van der Waals surface area contributed by atoms with E-state index < -0.39 is 0 Å². The second-order valence-electron chi connectivity index (χ2n) is 1.91. The molecular formula is C7H14N2. The van der Waals surface area contributed by atoms with Gasteiger partial charge in [0.05, 0.1) is 5.70 Å². The number of aliphatic imine (C=N–C) groups is 1. The second kappa shape index (κ2) is 5.35. The Kier molecular flexibility index (Phi) is 4.88. The van der Waals surface area contributed by atoms with Gasteiger partial charge in [0, 0.05) is 12.4 Å². The molecule has 0 fully saturated rings. The van der Waals surface area contributed by atoms with E-state index in [-0.39, 0.29) is 0 Å². The standard InChI is InChI=1S/C7H14N2/c1-3-4-5-9-7(2)6-8/h5-6H,3-4,8H2,1-2H3/b7-6-,9-5?. The van der Waals surface area contributed by atoms with Crippen LogP contribution in [0.5, 0.6) is 0 Å². The van der Waals surface area contributed by atoms with Crippen LogP contribution in [0.2, 0.25) is 0 Å². The molecule has 2 N–H and O–H groups in total. The summed E-state index contributed by atoms with van der Waals surface area (Å²) >= 11 is 0. The lowest BCUT2D eigenvalue weighted by Crippen LogP contribution is -1.81. The molecule has 0 atom stereocenters. The molecule has 0 aromatic heterocycles. The summed E-state index contributed by atoms with van der Waals surface area (Å²) in [7, 11) is 0. The largest absolute Gasteiger partial charge is 0.403 e. The molecule has 0 aromatic carbocycles. The number of unbranched alkanes of at least 4 members (excludes halogenated alkanes) is 1. The molecule has 0 unspecified atom stereocenters. The average Bonchev–Trinajstić information content (AvgIpc) is 1.89. The van der Waals surface area contributed by atoms with Crippen LogP contribution in [0.4, 0.5) is 0 Å². The Morgan fingerprint density at radius 1 is 1.67 bits per heavy atom. The van der Waals surface area contributed by atoms with E-state index in [9.17, 15) is 0 Å². The van der Waals surface area contributed by atoms with Crippen molar-refractivity contribution in [2.45, 2.75) is 26.7 Å². The third-order valence-corrected chi connectivity index (χ3v) is 0.954. The van der Waals surface area contributed by atoms with Gasteiger partial charge in [-0.2, -0.15) is 0 Å². The van der Waals surface area contributed by atoms with E-state index in [1.807, 2.05) is 13.1 Å². The normalized spacial score (nSPS) is 12.9. The molecule has 0 rings (SSSR count). The molecule has 0 radical (unpaired) electrons. The van der Waals surface area contributed by atoms with Crippen LogP contribution in [-0.4, -0.2) is 6.21 Å². The van der Waals surface area contributed by atoms with Crippen molar-refractivity contribution in [3.63, 3.8) is 0 Å². The average molecular weight is 126 g/mol. The van der Waals surface area contributed by atoms with Crippen LogP contribution in [0.3, 0.4) is 0 Å². The van der Waals surface area contributed by atoms with Gasteiger partial charge in [0.2, 0.25) is 0 Å². The van der Waals surface area contributed by atoms with Gasteiger partial charge in [-0.05, 0) is 13.3 Å². The monoisotopic (exact) mass is 126 g/mol. The molecule has 9 heavy (non-hydrogen) atoms. The summed E-state index contributed by atoms with van der Waals surface area (Å²) in [5.41, 5.74) is 6.06. The summed E-state index contributed by atoms with van der Waals surface area (Å²) in [6, 6.07) is 0. The first-order chi connectivity index (χ1) is 4.31. The van der Waals surface area contributed by atoms with Gasteiger partial charge in [0.15, 0.2) is 0 Å². The fraction of sp³-hybridized carbons (Fsp3) is 0.571. The molecule has 2 heteroatoms. The van der Waals surface area contributed by atoms with Crippen LogP contribution < -0.4 is 5.73 Å². The molecule has 0 bridgehead atoms. The Morgan fingerprint density at radius 2 is 2.33 bits per heavy atom. The number of hydrogen-bond acceptors (Lipinski definition) is 2. The van der Waals surface area contributed by atoms with Crippen LogP contribution in [0.1, 0.15) is 26.7 Å². The topological polar surface area (TPSA) is 38.4 Å². The van der Waals surface area contributed by atoms with Gasteiger partial charge in [-0.1, -0.05) is 13.3 Å². The minimum atomic E-state index is 0.878. The van der Waals surface area contributed by atoms with Crippen LogP contribution in [0.15, 0.2) is 16.9 Å². The highest BCUT2D eigenvalue weighted by molar-refractivity contribution is 5.58. The van der Waals surface area contributed by atoms with Crippen LogP contribution in [0.25, 0.3) is 0 Å². The van der Waals surface area contributed by atoms with E-state index >= 15 is 0 Å². The maximum absolute atomic E-state index is 5.18. The molecule has 0 saturated carbocycles. The highest BCUT2D eigenvalue weighted by Gasteiger charge is 1.76. The van der Waals surface area contributed by atoms with Gasteiger partial charge in [-0.25, -0.2) is 0 Å². The molecule has 0 saturated heterocycles. The van der Waals surface area contributed by atoms with Crippen molar-refractivity contribution in [3.05, 3.63) is 11.9 Å². The molecule has 0 heterocycles. The van der Waals surface area contributed by atoms with Crippen molar-refractivity contribution in [2.24, 2.45) is 10.7 Å². The lowest BCUT2D eigenvalue weighted by molar-refractivity contribution is 1.00. The number of hydrogen-bond donors (Lipinski definition) is 1. The molecule has 0 aromatic rings. The summed E-state index contributed by atoms with van der Waals surface area (Å²) in [5.74, 6) is 0. The predicted octanol–water partition coefficient (Wildman–Crippen LogP) is 1.68. The first-order valence-electron chi connectivity index (χ1n) is 3.22. The van der Waals surface area contributed by atoms with Crippen molar-refractivity contribution in [3.8, 4) is 0 Å². The van der Waals surface area contributed by atoms with Crippen molar-refractivity contribution in [1.29, 1.82) is 0 Å². The fourth-order valence-electron chi connectivity index (χ4n) is 0.381. The third-order valence-electron chi connectivity index (χ3n) is 0.954. The van der Waals surface area contributed by atoms with Gasteiger partial charge in [0.1, 0.15) is 0 Å². The molecular weight excluding hydrogens is 112 g/mol. The van der Waals surface area contributed by atoms with Crippen molar-refractivity contribution in [2.75, 3.05) is 0 Å². The highest BCUT2D eigenvalue weighted by Crippen LogP contribution is 1.90.